The van der Waals surface area contributed by atoms with Gasteiger partial charge in [0, 0.05) is 24.9 Å². The highest BCUT2D eigenvalue weighted by atomic mass is 16.2. The van der Waals surface area contributed by atoms with Gasteiger partial charge in [-0.3, -0.25) is 4.79 Å². The van der Waals surface area contributed by atoms with Gasteiger partial charge in [-0.15, -0.1) is 0 Å². The molecule has 0 saturated carbocycles. The average molecular weight is 247 g/mol. The van der Waals surface area contributed by atoms with Crippen LogP contribution in [0.15, 0.2) is 0 Å². The van der Waals surface area contributed by atoms with Crippen LogP contribution in [0.4, 0.5) is 0 Å². The van der Waals surface area contributed by atoms with Crippen molar-refractivity contribution in [1.29, 1.82) is 0 Å². The summed E-state index contributed by atoms with van der Waals surface area (Å²) in [5.74, 6) is 1.68. The summed E-state index contributed by atoms with van der Waals surface area (Å²) in [6.45, 7) is 11.4. The van der Waals surface area contributed by atoms with E-state index >= 15 is 0 Å². The molecule has 2 heterocycles. The Morgan fingerprint density at radius 3 is 2.28 bits per heavy atom. The fourth-order valence-electron chi connectivity index (χ4n) is 2.26. The SMILES string of the molecule is CC(=O)N1Cc2nc(C(C)C)nc(C(C)C)c2C1. The van der Waals surface area contributed by atoms with E-state index in [0.717, 1.165) is 22.8 Å². The lowest BCUT2D eigenvalue weighted by atomic mass is 10.0. The number of rotatable bonds is 2. The van der Waals surface area contributed by atoms with E-state index in [1.54, 1.807) is 6.92 Å². The van der Waals surface area contributed by atoms with Crippen LogP contribution in [-0.2, 0) is 17.9 Å². The van der Waals surface area contributed by atoms with Crippen LogP contribution in [0.1, 0.15) is 69.2 Å². The molecule has 0 aliphatic carbocycles. The molecule has 1 aliphatic heterocycles. The molecule has 2 rings (SSSR count). The van der Waals surface area contributed by atoms with E-state index in [1.807, 2.05) is 4.90 Å². The molecule has 0 atom stereocenters. The van der Waals surface area contributed by atoms with Crippen molar-refractivity contribution in [2.24, 2.45) is 0 Å². The van der Waals surface area contributed by atoms with Crippen LogP contribution < -0.4 is 0 Å². The van der Waals surface area contributed by atoms with Crippen LogP contribution in [0, 0.1) is 0 Å². The topological polar surface area (TPSA) is 46.1 Å². The highest BCUT2D eigenvalue weighted by Crippen LogP contribution is 2.29. The minimum atomic E-state index is 0.105. The zero-order valence-corrected chi connectivity index (χ0v) is 11.8. The molecule has 0 fully saturated rings. The Hall–Kier alpha value is -1.45. The molecular weight excluding hydrogens is 226 g/mol. The molecule has 4 nitrogen and oxygen atoms in total. The van der Waals surface area contributed by atoms with Crippen molar-refractivity contribution >= 4 is 5.91 Å². The normalized spacial score (nSPS) is 14.5. The van der Waals surface area contributed by atoms with Gasteiger partial charge in [-0.25, -0.2) is 9.97 Å². The number of hydrogen-bond donors (Lipinski definition) is 0. The van der Waals surface area contributed by atoms with E-state index in [-0.39, 0.29) is 5.91 Å². The van der Waals surface area contributed by atoms with E-state index in [9.17, 15) is 4.79 Å². The van der Waals surface area contributed by atoms with Crippen molar-refractivity contribution in [2.75, 3.05) is 0 Å². The van der Waals surface area contributed by atoms with E-state index in [2.05, 4.69) is 37.7 Å². The Labute approximate surface area is 108 Å². The van der Waals surface area contributed by atoms with E-state index in [1.165, 1.54) is 0 Å². The summed E-state index contributed by atoms with van der Waals surface area (Å²) < 4.78 is 0. The highest BCUT2D eigenvalue weighted by molar-refractivity contribution is 5.74. The number of amides is 1. The first-order chi connectivity index (χ1) is 8.40. The fourth-order valence-corrected chi connectivity index (χ4v) is 2.26. The van der Waals surface area contributed by atoms with Crippen molar-refractivity contribution in [3.05, 3.63) is 22.8 Å². The van der Waals surface area contributed by atoms with Gasteiger partial charge in [0.25, 0.3) is 0 Å². The van der Waals surface area contributed by atoms with Crippen molar-refractivity contribution in [3.8, 4) is 0 Å². The minimum Gasteiger partial charge on any atom is -0.333 e. The first-order valence-electron chi connectivity index (χ1n) is 6.55. The van der Waals surface area contributed by atoms with Gasteiger partial charge in [0.1, 0.15) is 5.82 Å². The van der Waals surface area contributed by atoms with Crippen LogP contribution in [0.25, 0.3) is 0 Å². The van der Waals surface area contributed by atoms with Crippen molar-refractivity contribution in [2.45, 2.75) is 59.5 Å². The van der Waals surface area contributed by atoms with Crippen LogP contribution in [0.3, 0.4) is 0 Å². The number of fused-ring (bicyclic) bond motifs is 1. The molecule has 0 N–H and O–H groups in total. The monoisotopic (exact) mass is 247 g/mol. The molecule has 1 aromatic rings. The van der Waals surface area contributed by atoms with Crippen molar-refractivity contribution in [1.82, 2.24) is 14.9 Å². The molecule has 98 valence electrons. The average Bonchev–Trinajstić information content (AvgIpc) is 2.70. The highest BCUT2D eigenvalue weighted by Gasteiger charge is 2.27. The number of nitrogens with zero attached hydrogens (tertiary/aromatic N) is 3. The summed E-state index contributed by atoms with van der Waals surface area (Å²) in [7, 11) is 0. The third kappa shape index (κ3) is 2.24. The number of aromatic nitrogens is 2. The maximum absolute atomic E-state index is 11.5. The second kappa shape index (κ2) is 4.67. The molecule has 0 bridgehead atoms. The Bertz CT molecular complexity index is 480. The molecule has 0 unspecified atom stereocenters. The molecule has 0 aromatic carbocycles. The van der Waals surface area contributed by atoms with Crippen molar-refractivity contribution < 1.29 is 4.79 Å². The largest absolute Gasteiger partial charge is 0.333 e. The van der Waals surface area contributed by atoms with Gasteiger partial charge < -0.3 is 4.90 Å². The summed E-state index contributed by atoms with van der Waals surface area (Å²) in [5.41, 5.74) is 3.30. The first kappa shape index (κ1) is 13.0. The standard InChI is InChI=1S/C14H21N3O/c1-8(2)13-11-6-17(10(5)18)7-12(11)15-14(16-13)9(3)4/h8-9H,6-7H2,1-5H3. The summed E-state index contributed by atoms with van der Waals surface area (Å²) >= 11 is 0. The lowest BCUT2D eigenvalue weighted by Crippen LogP contribution is -2.22. The maximum atomic E-state index is 11.5. The number of hydrogen-bond acceptors (Lipinski definition) is 3. The molecule has 0 saturated heterocycles. The van der Waals surface area contributed by atoms with Gasteiger partial charge in [0.05, 0.1) is 17.9 Å². The second-order valence-electron chi connectivity index (χ2n) is 5.58. The Morgan fingerprint density at radius 2 is 1.78 bits per heavy atom. The van der Waals surface area contributed by atoms with Gasteiger partial charge >= 0.3 is 0 Å². The molecule has 1 aromatic heterocycles. The minimum absolute atomic E-state index is 0.105. The number of carbonyl (C=O) groups excluding carboxylic acids is 1. The zero-order chi connectivity index (χ0) is 13.4. The first-order valence-corrected chi connectivity index (χ1v) is 6.55. The molecule has 1 aliphatic rings. The summed E-state index contributed by atoms with van der Waals surface area (Å²) in [6, 6.07) is 0. The van der Waals surface area contributed by atoms with Gasteiger partial charge in [-0.05, 0) is 5.92 Å². The molecule has 18 heavy (non-hydrogen) atoms. The van der Waals surface area contributed by atoms with Crippen LogP contribution in [-0.4, -0.2) is 20.8 Å². The van der Waals surface area contributed by atoms with Gasteiger partial charge in [0.2, 0.25) is 5.91 Å². The number of carbonyl (C=O) groups is 1. The zero-order valence-electron chi connectivity index (χ0n) is 11.8. The third-order valence-electron chi connectivity index (χ3n) is 3.34. The smallest absolute Gasteiger partial charge is 0.220 e. The van der Waals surface area contributed by atoms with Crippen molar-refractivity contribution in [3.63, 3.8) is 0 Å². The summed E-state index contributed by atoms with van der Waals surface area (Å²) in [6.07, 6.45) is 0. The summed E-state index contributed by atoms with van der Waals surface area (Å²) in [5, 5.41) is 0. The maximum Gasteiger partial charge on any atom is 0.220 e. The molecular formula is C14H21N3O. The molecule has 1 amide bonds. The quantitative estimate of drug-likeness (QED) is 0.807. The van der Waals surface area contributed by atoms with Crippen LogP contribution in [0.5, 0.6) is 0 Å². The Morgan fingerprint density at radius 1 is 1.11 bits per heavy atom. The van der Waals surface area contributed by atoms with Gasteiger partial charge in [-0.2, -0.15) is 0 Å². The van der Waals surface area contributed by atoms with Gasteiger partial charge in [-0.1, -0.05) is 27.7 Å². The Balaban J connectivity index is 2.47. The molecule has 0 radical (unpaired) electrons. The predicted molar refractivity (Wildman–Crippen MR) is 70.1 cm³/mol. The lowest BCUT2D eigenvalue weighted by molar-refractivity contribution is -0.129. The molecule has 4 heteroatoms. The summed E-state index contributed by atoms with van der Waals surface area (Å²) in [4.78, 5) is 22.6. The Kier molecular flexibility index (Phi) is 3.37. The second-order valence-corrected chi connectivity index (χ2v) is 5.58. The van der Waals surface area contributed by atoms with E-state index in [0.29, 0.717) is 24.9 Å². The van der Waals surface area contributed by atoms with Crippen LogP contribution in [0.2, 0.25) is 0 Å². The molecule has 0 spiro atoms. The third-order valence-corrected chi connectivity index (χ3v) is 3.34. The van der Waals surface area contributed by atoms with E-state index < -0.39 is 0 Å². The van der Waals surface area contributed by atoms with Crippen LogP contribution >= 0.6 is 0 Å². The van der Waals surface area contributed by atoms with Gasteiger partial charge in [0.15, 0.2) is 0 Å². The fraction of sp³-hybridized carbons (Fsp3) is 0.643. The van der Waals surface area contributed by atoms with E-state index in [4.69, 9.17) is 0 Å². The predicted octanol–water partition coefficient (Wildman–Crippen LogP) is 2.59. The lowest BCUT2D eigenvalue weighted by Gasteiger charge is -2.14.